The van der Waals surface area contributed by atoms with Crippen LogP contribution in [-0.4, -0.2) is 31.4 Å². The molecule has 5 rings (SSSR count). The molecule has 2 aromatic rings. The van der Waals surface area contributed by atoms with Gasteiger partial charge in [-0.15, -0.1) is 0 Å². The smallest absolute Gasteiger partial charge is 0.242 e. The summed E-state index contributed by atoms with van der Waals surface area (Å²) in [6.07, 6.45) is 5.66. The second-order valence-electron chi connectivity index (χ2n) is 8.47. The normalized spacial score (nSPS) is 19.6. The monoisotopic (exact) mass is 389 g/mol. The summed E-state index contributed by atoms with van der Waals surface area (Å²) in [6, 6.07) is 16.1. The lowest BCUT2D eigenvalue weighted by atomic mass is 9.97. The van der Waals surface area contributed by atoms with E-state index in [2.05, 4.69) is 28.4 Å². The highest BCUT2D eigenvalue weighted by molar-refractivity contribution is 6.18. The van der Waals surface area contributed by atoms with Crippen molar-refractivity contribution in [2.45, 2.75) is 38.5 Å². The first-order valence-electron chi connectivity index (χ1n) is 10.7. The van der Waals surface area contributed by atoms with E-state index in [1.807, 2.05) is 35.2 Å². The van der Waals surface area contributed by atoms with Gasteiger partial charge >= 0.3 is 0 Å². The Balaban J connectivity index is 1.30. The molecule has 0 radical (unpaired) electrons. The SMILES string of the molecule is O=C(Nc1ccc(N2CCCC2)cc1)C1(C(=O)N2CCCc3ccccc32)CC1. The number of nitrogens with zero attached hydrogens (tertiary/aromatic N) is 2. The van der Waals surface area contributed by atoms with Crippen LogP contribution in [0.4, 0.5) is 17.1 Å². The lowest BCUT2D eigenvalue weighted by Gasteiger charge is -2.32. The number of amides is 2. The van der Waals surface area contributed by atoms with Gasteiger partial charge in [0.15, 0.2) is 0 Å². The molecule has 1 saturated heterocycles. The van der Waals surface area contributed by atoms with Crippen molar-refractivity contribution in [2.75, 3.05) is 34.8 Å². The Bertz CT molecular complexity index is 927. The predicted molar refractivity (Wildman–Crippen MR) is 115 cm³/mol. The minimum Gasteiger partial charge on any atom is -0.372 e. The van der Waals surface area contributed by atoms with Crippen molar-refractivity contribution in [2.24, 2.45) is 5.41 Å². The van der Waals surface area contributed by atoms with Gasteiger partial charge in [0.25, 0.3) is 0 Å². The van der Waals surface area contributed by atoms with Crippen molar-refractivity contribution >= 4 is 28.9 Å². The lowest BCUT2D eigenvalue weighted by Crippen LogP contribution is -2.45. The van der Waals surface area contributed by atoms with Crippen molar-refractivity contribution < 1.29 is 9.59 Å². The quantitative estimate of drug-likeness (QED) is 0.805. The van der Waals surface area contributed by atoms with Crippen LogP contribution in [0.5, 0.6) is 0 Å². The van der Waals surface area contributed by atoms with Crippen molar-refractivity contribution in [1.82, 2.24) is 0 Å². The second-order valence-corrected chi connectivity index (χ2v) is 8.47. The number of carbonyl (C=O) groups is 2. The third-order valence-electron chi connectivity index (χ3n) is 6.55. The summed E-state index contributed by atoms with van der Waals surface area (Å²) in [4.78, 5) is 30.6. The van der Waals surface area contributed by atoms with Gasteiger partial charge < -0.3 is 15.1 Å². The first kappa shape index (κ1) is 18.2. The molecule has 2 aromatic carbocycles. The molecule has 150 valence electrons. The Hall–Kier alpha value is -2.82. The van der Waals surface area contributed by atoms with Crippen molar-refractivity contribution in [3.05, 3.63) is 54.1 Å². The number of anilines is 3. The molecule has 2 heterocycles. The number of rotatable bonds is 4. The molecule has 1 saturated carbocycles. The molecule has 0 aromatic heterocycles. The second kappa shape index (κ2) is 7.21. The number of fused-ring (bicyclic) bond motifs is 1. The van der Waals surface area contributed by atoms with Crippen LogP contribution in [0.3, 0.4) is 0 Å². The Labute approximate surface area is 171 Å². The van der Waals surface area contributed by atoms with Crippen LogP contribution in [0, 0.1) is 5.41 Å². The van der Waals surface area contributed by atoms with E-state index in [1.165, 1.54) is 24.1 Å². The molecule has 3 aliphatic rings. The van der Waals surface area contributed by atoms with Gasteiger partial charge in [-0.2, -0.15) is 0 Å². The molecule has 2 fully saturated rings. The maximum atomic E-state index is 13.4. The van der Waals surface area contributed by atoms with Gasteiger partial charge in [0.2, 0.25) is 11.8 Å². The maximum absolute atomic E-state index is 13.4. The van der Waals surface area contributed by atoms with Gasteiger partial charge in [-0.1, -0.05) is 18.2 Å². The summed E-state index contributed by atoms with van der Waals surface area (Å²) in [5.74, 6) is -0.213. The van der Waals surface area contributed by atoms with Gasteiger partial charge in [0, 0.05) is 36.7 Å². The summed E-state index contributed by atoms with van der Waals surface area (Å²) < 4.78 is 0. The highest BCUT2D eigenvalue weighted by Crippen LogP contribution is 2.49. The third kappa shape index (κ3) is 3.28. The number of benzene rings is 2. The van der Waals surface area contributed by atoms with Gasteiger partial charge in [0.05, 0.1) is 0 Å². The van der Waals surface area contributed by atoms with Crippen LogP contribution in [0.15, 0.2) is 48.5 Å². The molecule has 1 aliphatic carbocycles. The van der Waals surface area contributed by atoms with E-state index < -0.39 is 5.41 Å². The van der Waals surface area contributed by atoms with E-state index in [4.69, 9.17) is 0 Å². The largest absolute Gasteiger partial charge is 0.372 e. The number of hydrogen-bond donors (Lipinski definition) is 1. The zero-order valence-electron chi connectivity index (χ0n) is 16.7. The average molecular weight is 389 g/mol. The van der Waals surface area contributed by atoms with E-state index in [0.717, 1.165) is 37.3 Å². The van der Waals surface area contributed by atoms with E-state index >= 15 is 0 Å². The molecule has 0 bridgehead atoms. The Morgan fingerprint density at radius 1 is 0.862 bits per heavy atom. The van der Waals surface area contributed by atoms with E-state index in [0.29, 0.717) is 19.4 Å². The predicted octanol–water partition coefficient (Wildman–Crippen LogP) is 3.98. The summed E-state index contributed by atoms with van der Waals surface area (Å²) >= 11 is 0. The average Bonchev–Trinajstić information content (AvgIpc) is 3.40. The standard InChI is InChI=1S/C24H27N3O2/c28-22(25-19-9-11-20(12-10-19)26-15-3-4-16-26)24(13-14-24)23(29)27-17-5-7-18-6-1-2-8-21(18)27/h1-2,6,8-12H,3-5,7,13-17H2,(H,25,28). The van der Waals surface area contributed by atoms with Crippen LogP contribution in [0.2, 0.25) is 0 Å². The molecular weight excluding hydrogens is 362 g/mol. The summed E-state index contributed by atoms with van der Waals surface area (Å²) in [5.41, 5.74) is 3.22. The van der Waals surface area contributed by atoms with Gasteiger partial charge in [-0.05, 0) is 74.4 Å². The molecule has 5 heteroatoms. The van der Waals surface area contributed by atoms with Gasteiger partial charge in [0.1, 0.15) is 5.41 Å². The molecule has 0 spiro atoms. The topological polar surface area (TPSA) is 52.7 Å². The minimum atomic E-state index is -0.905. The molecular formula is C24H27N3O2. The van der Waals surface area contributed by atoms with Crippen LogP contribution >= 0.6 is 0 Å². The zero-order valence-corrected chi connectivity index (χ0v) is 16.7. The number of nitrogens with one attached hydrogen (secondary N) is 1. The summed E-state index contributed by atoms with van der Waals surface area (Å²) in [7, 11) is 0. The fourth-order valence-corrected chi connectivity index (χ4v) is 4.65. The van der Waals surface area contributed by atoms with Crippen LogP contribution < -0.4 is 15.1 Å². The van der Waals surface area contributed by atoms with Crippen LogP contribution in [-0.2, 0) is 16.0 Å². The Morgan fingerprint density at radius 2 is 1.59 bits per heavy atom. The molecule has 0 unspecified atom stereocenters. The lowest BCUT2D eigenvalue weighted by molar-refractivity contribution is -0.132. The summed E-state index contributed by atoms with van der Waals surface area (Å²) in [5, 5.41) is 3.00. The highest BCUT2D eigenvalue weighted by Gasteiger charge is 2.58. The van der Waals surface area contributed by atoms with E-state index in [9.17, 15) is 9.59 Å². The highest BCUT2D eigenvalue weighted by atomic mass is 16.2. The molecule has 1 N–H and O–H groups in total. The first-order valence-corrected chi connectivity index (χ1v) is 10.7. The van der Waals surface area contributed by atoms with Crippen LogP contribution in [0.25, 0.3) is 0 Å². The zero-order chi connectivity index (χ0) is 19.8. The van der Waals surface area contributed by atoms with Gasteiger partial charge in [-0.3, -0.25) is 9.59 Å². The fraction of sp³-hybridized carbons (Fsp3) is 0.417. The Morgan fingerprint density at radius 3 is 2.31 bits per heavy atom. The Kier molecular flexibility index (Phi) is 4.53. The molecule has 2 aliphatic heterocycles. The molecule has 5 nitrogen and oxygen atoms in total. The number of hydrogen-bond acceptors (Lipinski definition) is 3. The minimum absolute atomic E-state index is 0.0455. The summed E-state index contributed by atoms with van der Waals surface area (Å²) in [6.45, 7) is 2.89. The molecule has 29 heavy (non-hydrogen) atoms. The first-order chi connectivity index (χ1) is 14.2. The van der Waals surface area contributed by atoms with Crippen molar-refractivity contribution in [3.63, 3.8) is 0 Å². The van der Waals surface area contributed by atoms with E-state index in [1.54, 1.807) is 0 Å². The number of para-hydroxylation sites is 1. The van der Waals surface area contributed by atoms with Crippen molar-refractivity contribution in [3.8, 4) is 0 Å². The molecule has 2 amide bonds. The fourth-order valence-electron chi connectivity index (χ4n) is 4.65. The van der Waals surface area contributed by atoms with Crippen molar-refractivity contribution in [1.29, 1.82) is 0 Å². The van der Waals surface area contributed by atoms with Crippen LogP contribution in [0.1, 0.15) is 37.7 Å². The number of aryl methyl sites for hydroxylation is 1. The van der Waals surface area contributed by atoms with E-state index in [-0.39, 0.29) is 11.8 Å². The van der Waals surface area contributed by atoms with Gasteiger partial charge in [-0.25, -0.2) is 0 Å². The third-order valence-corrected chi connectivity index (χ3v) is 6.55. The number of carbonyl (C=O) groups excluding carboxylic acids is 2. The molecule has 0 atom stereocenters. The maximum Gasteiger partial charge on any atom is 0.242 e.